The van der Waals surface area contributed by atoms with Crippen LogP contribution < -0.4 is 10.6 Å². The first-order chi connectivity index (χ1) is 7.16. The summed E-state index contributed by atoms with van der Waals surface area (Å²) in [4.78, 5) is 16.0. The maximum atomic E-state index is 10.4. The molecule has 6 heteroatoms. The summed E-state index contributed by atoms with van der Waals surface area (Å²) in [7, 11) is 0. The minimum atomic E-state index is -0.452. The van der Waals surface area contributed by atoms with Crippen molar-refractivity contribution in [2.45, 2.75) is 12.5 Å². The maximum Gasteiger partial charge on any atom is 0.287 e. The normalized spacial score (nSPS) is 20.6. The van der Waals surface area contributed by atoms with Crippen LogP contribution in [0, 0.1) is 10.1 Å². The van der Waals surface area contributed by atoms with Gasteiger partial charge in [-0.3, -0.25) is 10.1 Å². The smallest absolute Gasteiger partial charge is 0.287 e. The lowest BCUT2D eigenvalue weighted by Crippen LogP contribution is -2.26. The van der Waals surface area contributed by atoms with Crippen LogP contribution in [0.5, 0.6) is 0 Å². The molecular weight excluding hydrogens is 196 g/mol. The van der Waals surface area contributed by atoms with E-state index in [0.29, 0.717) is 0 Å². The van der Waals surface area contributed by atoms with Crippen LogP contribution in [0.3, 0.4) is 0 Å². The number of hydrogen-bond donors (Lipinski definition) is 1. The van der Waals surface area contributed by atoms with Gasteiger partial charge in [0.15, 0.2) is 0 Å². The van der Waals surface area contributed by atoms with Crippen molar-refractivity contribution in [1.29, 1.82) is 0 Å². The third kappa shape index (κ3) is 2.04. The minimum absolute atomic E-state index is 0.0160. The molecule has 0 spiro atoms. The Balaban J connectivity index is 2.13. The van der Waals surface area contributed by atoms with Crippen molar-refractivity contribution in [3.05, 3.63) is 28.4 Å². The third-order valence-corrected chi connectivity index (χ3v) is 2.49. The van der Waals surface area contributed by atoms with E-state index in [1.807, 2.05) is 4.90 Å². The van der Waals surface area contributed by atoms with Gasteiger partial charge in [0, 0.05) is 25.2 Å². The predicted molar refractivity (Wildman–Crippen MR) is 55.7 cm³/mol. The molecule has 0 amide bonds. The highest BCUT2D eigenvalue weighted by atomic mass is 16.6. The van der Waals surface area contributed by atoms with E-state index in [4.69, 9.17) is 5.73 Å². The van der Waals surface area contributed by atoms with Crippen LogP contribution in [0.4, 0.5) is 11.5 Å². The number of nitrogens with two attached hydrogens (primary N) is 1. The van der Waals surface area contributed by atoms with E-state index in [9.17, 15) is 10.1 Å². The fourth-order valence-corrected chi connectivity index (χ4v) is 1.67. The van der Waals surface area contributed by atoms with Crippen LogP contribution in [-0.4, -0.2) is 29.0 Å². The zero-order valence-corrected chi connectivity index (χ0v) is 8.17. The predicted octanol–water partition coefficient (Wildman–Crippen LogP) is 0.527. The molecular formula is C9H12N4O2. The fourth-order valence-electron chi connectivity index (χ4n) is 1.67. The summed E-state index contributed by atoms with van der Waals surface area (Å²) >= 11 is 0. The van der Waals surface area contributed by atoms with Gasteiger partial charge in [-0.25, -0.2) is 4.98 Å². The second-order valence-electron chi connectivity index (χ2n) is 3.63. The van der Waals surface area contributed by atoms with Gasteiger partial charge >= 0.3 is 0 Å². The third-order valence-electron chi connectivity index (χ3n) is 2.49. The largest absolute Gasteiger partial charge is 0.355 e. The molecule has 6 nitrogen and oxygen atoms in total. The lowest BCUT2D eigenvalue weighted by atomic mass is 10.3. The van der Waals surface area contributed by atoms with Crippen molar-refractivity contribution < 1.29 is 4.92 Å². The Hall–Kier alpha value is -1.69. The Morgan fingerprint density at radius 3 is 2.87 bits per heavy atom. The quantitative estimate of drug-likeness (QED) is 0.566. The summed E-state index contributed by atoms with van der Waals surface area (Å²) in [6.07, 6.45) is 2.22. The van der Waals surface area contributed by atoms with Gasteiger partial charge in [0.05, 0.1) is 4.92 Å². The van der Waals surface area contributed by atoms with Gasteiger partial charge in [-0.1, -0.05) is 0 Å². The average molecular weight is 208 g/mol. The van der Waals surface area contributed by atoms with Gasteiger partial charge in [0.1, 0.15) is 12.0 Å². The van der Waals surface area contributed by atoms with Gasteiger partial charge in [-0.2, -0.15) is 0 Å². The van der Waals surface area contributed by atoms with Crippen LogP contribution in [-0.2, 0) is 0 Å². The lowest BCUT2D eigenvalue weighted by Gasteiger charge is -2.15. The zero-order chi connectivity index (χ0) is 10.8. The maximum absolute atomic E-state index is 10.4. The van der Waals surface area contributed by atoms with Crippen LogP contribution in [0.1, 0.15) is 6.42 Å². The Morgan fingerprint density at radius 1 is 1.60 bits per heavy atom. The van der Waals surface area contributed by atoms with Crippen molar-refractivity contribution in [1.82, 2.24) is 4.98 Å². The van der Waals surface area contributed by atoms with Crippen molar-refractivity contribution in [2.24, 2.45) is 5.73 Å². The standard InChI is InChI=1S/C9H12N4O2/c10-7-3-4-12(6-7)9-2-1-8(5-11-9)13(14)15/h1-2,5,7H,3-4,6,10H2/t7-/m0/s1. The van der Waals surface area contributed by atoms with E-state index in [1.54, 1.807) is 6.07 Å². The molecule has 2 N–H and O–H groups in total. The van der Waals surface area contributed by atoms with Gasteiger partial charge < -0.3 is 10.6 Å². The average Bonchev–Trinajstić information content (AvgIpc) is 2.65. The molecule has 1 aromatic heterocycles. The number of anilines is 1. The fraction of sp³-hybridized carbons (Fsp3) is 0.444. The molecule has 1 aromatic rings. The molecule has 0 saturated carbocycles. The monoisotopic (exact) mass is 208 g/mol. The molecule has 0 aliphatic carbocycles. The van der Waals surface area contributed by atoms with E-state index in [-0.39, 0.29) is 11.7 Å². The van der Waals surface area contributed by atoms with E-state index >= 15 is 0 Å². The summed E-state index contributed by atoms with van der Waals surface area (Å²) in [5, 5.41) is 10.4. The Morgan fingerprint density at radius 2 is 2.40 bits per heavy atom. The first-order valence-corrected chi connectivity index (χ1v) is 4.78. The van der Waals surface area contributed by atoms with Crippen LogP contribution in [0.15, 0.2) is 18.3 Å². The Labute approximate surface area is 86.9 Å². The summed E-state index contributed by atoms with van der Waals surface area (Å²) < 4.78 is 0. The van der Waals surface area contributed by atoms with Crippen LogP contribution in [0.25, 0.3) is 0 Å². The first kappa shape index (κ1) is 9.85. The SMILES string of the molecule is N[C@H]1CCN(c2ccc([N+](=O)[O-])cn2)C1. The van der Waals surface area contributed by atoms with Crippen molar-refractivity contribution in [3.63, 3.8) is 0 Å². The lowest BCUT2D eigenvalue weighted by molar-refractivity contribution is -0.385. The highest BCUT2D eigenvalue weighted by Crippen LogP contribution is 2.19. The molecule has 1 atom stereocenters. The molecule has 80 valence electrons. The van der Waals surface area contributed by atoms with Crippen molar-refractivity contribution in [2.75, 3.05) is 18.0 Å². The second kappa shape index (κ2) is 3.82. The highest BCUT2D eigenvalue weighted by molar-refractivity contribution is 5.44. The van der Waals surface area contributed by atoms with E-state index in [0.717, 1.165) is 25.3 Å². The number of nitrogens with zero attached hydrogens (tertiary/aromatic N) is 3. The molecule has 15 heavy (non-hydrogen) atoms. The highest BCUT2D eigenvalue weighted by Gasteiger charge is 2.20. The molecule has 1 saturated heterocycles. The number of nitro groups is 1. The van der Waals surface area contributed by atoms with E-state index < -0.39 is 4.92 Å². The molecule has 2 rings (SSSR count). The summed E-state index contributed by atoms with van der Waals surface area (Å²) in [6, 6.07) is 3.31. The van der Waals surface area contributed by atoms with Crippen molar-refractivity contribution >= 4 is 11.5 Å². The van der Waals surface area contributed by atoms with E-state index in [1.165, 1.54) is 12.3 Å². The molecule has 2 heterocycles. The topological polar surface area (TPSA) is 85.3 Å². The molecule has 0 bridgehead atoms. The summed E-state index contributed by atoms with van der Waals surface area (Å²) in [5.41, 5.74) is 5.78. The summed E-state index contributed by atoms with van der Waals surface area (Å²) in [5.74, 6) is 0.758. The first-order valence-electron chi connectivity index (χ1n) is 4.78. The molecule has 1 fully saturated rings. The van der Waals surface area contributed by atoms with Crippen LogP contribution >= 0.6 is 0 Å². The van der Waals surface area contributed by atoms with Gasteiger partial charge in [0.25, 0.3) is 5.69 Å². The second-order valence-corrected chi connectivity index (χ2v) is 3.63. The molecule has 0 radical (unpaired) electrons. The van der Waals surface area contributed by atoms with Gasteiger partial charge in [-0.15, -0.1) is 0 Å². The molecule has 0 aromatic carbocycles. The number of hydrogen-bond acceptors (Lipinski definition) is 5. The van der Waals surface area contributed by atoms with Gasteiger partial charge in [0.2, 0.25) is 0 Å². The van der Waals surface area contributed by atoms with Crippen molar-refractivity contribution in [3.8, 4) is 0 Å². The molecule has 1 aliphatic rings. The molecule has 1 aliphatic heterocycles. The number of rotatable bonds is 2. The van der Waals surface area contributed by atoms with Crippen LogP contribution in [0.2, 0.25) is 0 Å². The number of pyridine rings is 1. The minimum Gasteiger partial charge on any atom is -0.355 e. The number of aromatic nitrogens is 1. The van der Waals surface area contributed by atoms with Gasteiger partial charge in [-0.05, 0) is 12.5 Å². The zero-order valence-electron chi connectivity index (χ0n) is 8.17. The van der Waals surface area contributed by atoms with E-state index in [2.05, 4.69) is 4.98 Å². The Bertz CT molecular complexity index is 365. The Kier molecular flexibility index (Phi) is 2.51. The molecule has 0 unspecified atom stereocenters. The summed E-state index contributed by atoms with van der Waals surface area (Å²) in [6.45, 7) is 1.64.